The van der Waals surface area contributed by atoms with E-state index in [9.17, 15) is 14.4 Å². The molecule has 0 radical (unpaired) electrons. The second kappa shape index (κ2) is 11.2. The molecule has 1 atom stereocenters. The zero-order chi connectivity index (χ0) is 24.8. The summed E-state index contributed by atoms with van der Waals surface area (Å²) in [6.45, 7) is 3.14. The molecular weight excluding hydrogens is 468 g/mol. The Hall–Kier alpha value is -3.69. The van der Waals surface area contributed by atoms with Gasteiger partial charge in [0, 0.05) is 28.6 Å². The number of nitrogens with one attached hydrogen (secondary N) is 2. The van der Waals surface area contributed by atoms with E-state index in [0.717, 1.165) is 18.7 Å². The summed E-state index contributed by atoms with van der Waals surface area (Å²) in [7, 11) is 0. The number of hydrogen-bond donors (Lipinski definition) is 2. The van der Waals surface area contributed by atoms with Crippen molar-refractivity contribution in [3.63, 3.8) is 0 Å². The van der Waals surface area contributed by atoms with Crippen molar-refractivity contribution in [2.75, 3.05) is 13.1 Å². The van der Waals surface area contributed by atoms with Gasteiger partial charge in [0.1, 0.15) is 6.33 Å². The molecule has 1 saturated heterocycles. The van der Waals surface area contributed by atoms with Crippen LogP contribution in [0.25, 0.3) is 11.8 Å². The minimum Gasteiger partial charge on any atom is -0.343 e. The third-order valence-corrected chi connectivity index (χ3v) is 6.11. The van der Waals surface area contributed by atoms with E-state index < -0.39 is 6.04 Å². The third-order valence-electron chi connectivity index (χ3n) is 5.88. The van der Waals surface area contributed by atoms with Crippen molar-refractivity contribution in [2.24, 2.45) is 5.92 Å². The van der Waals surface area contributed by atoms with E-state index in [4.69, 9.17) is 11.6 Å². The fraction of sp³-hybridized carbons (Fsp3) is 0.280. The van der Waals surface area contributed by atoms with Gasteiger partial charge in [-0.15, -0.1) is 5.10 Å². The molecule has 2 heterocycles. The second-order valence-electron chi connectivity index (χ2n) is 8.51. The lowest BCUT2D eigenvalue weighted by Crippen LogP contribution is -2.49. The van der Waals surface area contributed by atoms with Crippen LogP contribution < -0.4 is 10.6 Å². The maximum atomic E-state index is 13.1. The Labute approximate surface area is 207 Å². The molecule has 1 amide bonds. The summed E-state index contributed by atoms with van der Waals surface area (Å²) in [6, 6.07) is 11.5. The minimum atomic E-state index is -0.620. The Balaban J connectivity index is 1.46. The number of hydrogen-bond acceptors (Lipinski definition) is 7. The van der Waals surface area contributed by atoms with Crippen molar-refractivity contribution in [3.05, 3.63) is 76.6 Å². The Morgan fingerprint density at radius 2 is 1.97 bits per heavy atom. The first kappa shape index (κ1) is 24.4. The normalized spacial score (nSPS) is 14.5. The van der Waals surface area contributed by atoms with Gasteiger partial charge in [0.05, 0.1) is 11.7 Å². The standard InChI is InChI=1S/C25H25ClN6O3/c1-16(33)19-4-2-17(3-5-19)11-24(34)22(10-18-13-27-14-18)29-25(35)9-6-20-12-21(26)7-8-23(20)32-15-28-30-31-32/h2-9,12,15,18,22,27H,10-11,13-14H2,1H3,(H,29,35)/b9-6+/t22-/m0/s1. The highest BCUT2D eigenvalue weighted by molar-refractivity contribution is 6.30. The van der Waals surface area contributed by atoms with Crippen molar-refractivity contribution in [3.8, 4) is 5.69 Å². The molecule has 0 bridgehead atoms. The molecule has 3 aromatic rings. The molecule has 1 aliphatic rings. The maximum absolute atomic E-state index is 13.1. The van der Waals surface area contributed by atoms with Crippen LogP contribution in [0.4, 0.5) is 0 Å². The number of tetrazole rings is 1. The van der Waals surface area contributed by atoms with Crippen LogP contribution in [-0.2, 0) is 16.0 Å². The van der Waals surface area contributed by atoms with Crippen LogP contribution in [0, 0.1) is 5.92 Å². The first-order valence-electron chi connectivity index (χ1n) is 11.2. The molecule has 1 aromatic heterocycles. The van der Waals surface area contributed by atoms with E-state index in [1.165, 1.54) is 24.0 Å². The molecule has 35 heavy (non-hydrogen) atoms. The number of aromatic nitrogens is 4. The quantitative estimate of drug-likeness (QED) is 0.329. The van der Waals surface area contributed by atoms with Gasteiger partial charge >= 0.3 is 0 Å². The number of Topliss-reactive ketones (excluding diaryl/α,β-unsaturated/α-hetero) is 2. The highest BCUT2D eigenvalue weighted by Gasteiger charge is 2.27. The number of benzene rings is 2. The van der Waals surface area contributed by atoms with Gasteiger partial charge in [-0.3, -0.25) is 14.4 Å². The Morgan fingerprint density at radius 1 is 1.20 bits per heavy atom. The van der Waals surface area contributed by atoms with E-state index in [0.29, 0.717) is 34.2 Å². The molecule has 2 N–H and O–H groups in total. The van der Waals surface area contributed by atoms with Gasteiger partial charge in [-0.1, -0.05) is 35.9 Å². The van der Waals surface area contributed by atoms with Crippen LogP contribution in [0.2, 0.25) is 5.02 Å². The SMILES string of the molecule is CC(=O)c1ccc(CC(=O)[C@H](CC2CNC2)NC(=O)/C=C/c2cc(Cl)ccc2-n2cnnn2)cc1. The summed E-state index contributed by atoms with van der Waals surface area (Å²) < 4.78 is 1.47. The molecule has 0 unspecified atom stereocenters. The van der Waals surface area contributed by atoms with Crippen LogP contribution in [0.15, 0.2) is 54.9 Å². The van der Waals surface area contributed by atoms with E-state index in [1.807, 2.05) is 0 Å². The second-order valence-corrected chi connectivity index (χ2v) is 8.94. The number of nitrogens with zero attached hydrogens (tertiary/aromatic N) is 4. The lowest BCUT2D eigenvalue weighted by Gasteiger charge is -2.30. The summed E-state index contributed by atoms with van der Waals surface area (Å²) in [5, 5.41) is 17.7. The molecule has 1 aliphatic heterocycles. The Morgan fingerprint density at radius 3 is 2.60 bits per heavy atom. The van der Waals surface area contributed by atoms with E-state index in [2.05, 4.69) is 26.2 Å². The van der Waals surface area contributed by atoms with Gasteiger partial charge in [0.25, 0.3) is 0 Å². The van der Waals surface area contributed by atoms with Crippen molar-refractivity contribution < 1.29 is 14.4 Å². The number of ketones is 2. The van der Waals surface area contributed by atoms with Crippen LogP contribution in [0.3, 0.4) is 0 Å². The summed E-state index contributed by atoms with van der Waals surface area (Å²) in [6.07, 6.45) is 5.17. The van der Waals surface area contributed by atoms with Gasteiger partial charge in [-0.05, 0) is 72.6 Å². The number of rotatable bonds is 10. The molecule has 2 aromatic carbocycles. The topological polar surface area (TPSA) is 119 Å². The molecular formula is C25H25ClN6O3. The number of carbonyl (C=O) groups is 3. The first-order valence-corrected chi connectivity index (χ1v) is 11.6. The van der Waals surface area contributed by atoms with E-state index in [-0.39, 0.29) is 23.9 Å². The van der Waals surface area contributed by atoms with E-state index >= 15 is 0 Å². The fourth-order valence-corrected chi connectivity index (χ4v) is 4.01. The third kappa shape index (κ3) is 6.46. The summed E-state index contributed by atoms with van der Waals surface area (Å²) in [5.74, 6) is -0.163. The van der Waals surface area contributed by atoms with Gasteiger partial charge in [0.15, 0.2) is 11.6 Å². The predicted octanol–water partition coefficient (Wildman–Crippen LogP) is 2.44. The highest BCUT2D eigenvalue weighted by Crippen LogP contribution is 2.20. The van der Waals surface area contributed by atoms with Crippen LogP contribution >= 0.6 is 11.6 Å². The van der Waals surface area contributed by atoms with Crippen molar-refractivity contribution in [2.45, 2.75) is 25.8 Å². The monoisotopic (exact) mass is 492 g/mol. The van der Waals surface area contributed by atoms with Crippen LogP contribution in [-0.4, -0.2) is 56.8 Å². The number of halogens is 1. The molecule has 10 heteroatoms. The van der Waals surface area contributed by atoms with Crippen LogP contribution in [0.5, 0.6) is 0 Å². The molecule has 4 rings (SSSR count). The van der Waals surface area contributed by atoms with Crippen LogP contribution in [0.1, 0.15) is 34.8 Å². The number of carbonyl (C=O) groups excluding carboxylic acids is 3. The molecule has 9 nitrogen and oxygen atoms in total. The minimum absolute atomic E-state index is 0.0276. The van der Waals surface area contributed by atoms with Crippen molar-refractivity contribution in [1.82, 2.24) is 30.8 Å². The summed E-state index contributed by atoms with van der Waals surface area (Å²) in [5.41, 5.74) is 2.70. The number of amides is 1. The summed E-state index contributed by atoms with van der Waals surface area (Å²) >= 11 is 6.14. The van der Waals surface area contributed by atoms with Gasteiger partial charge in [-0.2, -0.15) is 4.68 Å². The average Bonchev–Trinajstić information content (AvgIpc) is 3.34. The van der Waals surface area contributed by atoms with Crippen molar-refractivity contribution in [1.29, 1.82) is 0 Å². The van der Waals surface area contributed by atoms with Gasteiger partial charge in [0.2, 0.25) is 5.91 Å². The van der Waals surface area contributed by atoms with Gasteiger partial charge in [-0.25, -0.2) is 0 Å². The predicted molar refractivity (Wildman–Crippen MR) is 131 cm³/mol. The van der Waals surface area contributed by atoms with Crippen molar-refractivity contribution >= 4 is 35.2 Å². The summed E-state index contributed by atoms with van der Waals surface area (Å²) in [4.78, 5) is 37.4. The fourth-order valence-electron chi connectivity index (χ4n) is 3.83. The zero-order valence-corrected chi connectivity index (χ0v) is 19.9. The zero-order valence-electron chi connectivity index (χ0n) is 19.1. The molecule has 0 aliphatic carbocycles. The molecule has 180 valence electrons. The Kier molecular flexibility index (Phi) is 7.79. The highest BCUT2D eigenvalue weighted by atomic mass is 35.5. The van der Waals surface area contributed by atoms with Gasteiger partial charge < -0.3 is 10.6 Å². The maximum Gasteiger partial charge on any atom is 0.244 e. The average molecular weight is 493 g/mol. The molecule has 1 fully saturated rings. The first-order chi connectivity index (χ1) is 16.9. The van der Waals surface area contributed by atoms with E-state index in [1.54, 1.807) is 48.5 Å². The largest absolute Gasteiger partial charge is 0.343 e. The molecule has 0 saturated carbocycles. The lowest BCUT2D eigenvalue weighted by molar-refractivity contribution is -0.125. The smallest absolute Gasteiger partial charge is 0.244 e. The Bertz CT molecular complexity index is 1240. The lowest BCUT2D eigenvalue weighted by atomic mass is 9.90. The molecule has 0 spiro atoms.